The van der Waals surface area contributed by atoms with E-state index in [1.807, 2.05) is 0 Å². The molecule has 5 N–H and O–H groups in total. The second kappa shape index (κ2) is 10.4. The van der Waals surface area contributed by atoms with Gasteiger partial charge in [-0.1, -0.05) is 17.7 Å². The van der Waals surface area contributed by atoms with Gasteiger partial charge in [0, 0.05) is 36.4 Å². The molecule has 35 heavy (non-hydrogen) atoms. The lowest BCUT2D eigenvalue weighted by Crippen LogP contribution is -2.32. The van der Waals surface area contributed by atoms with Crippen LogP contribution in [0.4, 0.5) is 34.9 Å². The first-order valence-electron chi connectivity index (χ1n) is 9.69. The van der Waals surface area contributed by atoms with Gasteiger partial charge in [0.2, 0.25) is 0 Å². The molecule has 3 aromatic rings. The number of amides is 1. The summed E-state index contributed by atoms with van der Waals surface area (Å²) in [4.78, 5) is 23.7. The van der Waals surface area contributed by atoms with Crippen molar-refractivity contribution in [1.82, 2.24) is 9.97 Å². The SMILES string of the molecule is Cc1cccnc1N=C(C(=CN)C(=O)Nc1ccc(Oc2ccnc(N)c2Cl)c(F)c1)C(F)(F)F. The molecule has 8 nitrogen and oxygen atoms in total. The van der Waals surface area contributed by atoms with E-state index < -0.39 is 29.2 Å². The number of pyridine rings is 2. The molecule has 0 saturated heterocycles. The van der Waals surface area contributed by atoms with Crippen LogP contribution in [0.25, 0.3) is 0 Å². The Labute approximate surface area is 201 Å². The number of nitrogens with two attached hydrogens (primary N) is 2. The maximum atomic E-state index is 14.6. The van der Waals surface area contributed by atoms with Crippen molar-refractivity contribution in [2.24, 2.45) is 10.7 Å². The zero-order valence-electron chi connectivity index (χ0n) is 17.9. The number of aryl methyl sites for hydroxylation is 1. The van der Waals surface area contributed by atoms with Crippen LogP contribution in [-0.4, -0.2) is 27.8 Å². The van der Waals surface area contributed by atoms with Crippen molar-refractivity contribution in [2.45, 2.75) is 13.1 Å². The predicted molar refractivity (Wildman–Crippen MR) is 123 cm³/mol. The summed E-state index contributed by atoms with van der Waals surface area (Å²) in [5.41, 5.74) is 8.53. The van der Waals surface area contributed by atoms with Crippen LogP contribution < -0.4 is 21.5 Å². The maximum absolute atomic E-state index is 14.6. The van der Waals surface area contributed by atoms with Gasteiger partial charge in [-0.15, -0.1) is 0 Å². The third kappa shape index (κ3) is 6.03. The summed E-state index contributed by atoms with van der Waals surface area (Å²) in [6.07, 6.45) is -2.02. The molecule has 0 atom stereocenters. The van der Waals surface area contributed by atoms with E-state index in [-0.39, 0.29) is 33.8 Å². The molecule has 2 heterocycles. The molecule has 3 rings (SSSR count). The minimum absolute atomic E-state index is 0.0269. The molecule has 1 amide bonds. The van der Waals surface area contributed by atoms with Crippen molar-refractivity contribution in [1.29, 1.82) is 0 Å². The van der Waals surface area contributed by atoms with E-state index in [2.05, 4.69) is 20.3 Å². The second-order valence-electron chi connectivity index (χ2n) is 6.89. The number of carbonyl (C=O) groups is 1. The number of alkyl halides is 3. The summed E-state index contributed by atoms with van der Waals surface area (Å²) in [7, 11) is 0. The molecule has 0 bridgehead atoms. The van der Waals surface area contributed by atoms with Crippen LogP contribution in [0.2, 0.25) is 5.02 Å². The van der Waals surface area contributed by atoms with Crippen molar-refractivity contribution in [2.75, 3.05) is 11.1 Å². The molecule has 0 unspecified atom stereocenters. The van der Waals surface area contributed by atoms with E-state index in [0.29, 0.717) is 11.8 Å². The Morgan fingerprint density at radius 3 is 2.54 bits per heavy atom. The van der Waals surface area contributed by atoms with Gasteiger partial charge in [-0.2, -0.15) is 13.2 Å². The monoisotopic (exact) mass is 508 g/mol. The number of aromatic nitrogens is 2. The van der Waals surface area contributed by atoms with Crippen LogP contribution in [0.15, 0.2) is 65.6 Å². The molecule has 0 fully saturated rings. The normalized spacial score (nSPS) is 12.4. The Hall–Kier alpha value is -4.19. The second-order valence-corrected chi connectivity index (χ2v) is 7.27. The highest BCUT2D eigenvalue weighted by Crippen LogP contribution is 2.34. The van der Waals surface area contributed by atoms with Crippen LogP contribution in [-0.2, 0) is 4.79 Å². The van der Waals surface area contributed by atoms with E-state index in [9.17, 15) is 22.4 Å². The first-order valence-corrected chi connectivity index (χ1v) is 10.1. The van der Waals surface area contributed by atoms with Gasteiger partial charge in [0.25, 0.3) is 5.91 Å². The van der Waals surface area contributed by atoms with Crippen molar-refractivity contribution in [3.63, 3.8) is 0 Å². The summed E-state index contributed by atoms with van der Waals surface area (Å²) in [6.45, 7) is 1.51. The van der Waals surface area contributed by atoms with Crippen molar-refractivity contribution in [3.05, 3.63) is 77.0 Å². The number of hydrogen-bond donors (Lipinski definition) is 3. The molecule has 0 spiro atoms. The van der Waals surface area contributed by atoms with Gasteiger partial charge in [-0.3, -0.25) is 4.79 Å². The quantitative estimate of drug-likeness (QED) is 0.242. The minimum Gasteiger partial charge on any atom is -0.453 e. The van der Waals surface area contributed by atoms with E-state index in [0.717, 1.165) is 12.1 Å². The average Bonchev–Trinajstić information content (AvgIpc) is 2.79. The number of nitrogens with zero attached hydrogens (tertiary/aromatic N) is 3. The number of anilines is 2. The third-order valence-corrected chi connectivity index (χ3v) is 4.80. The number of hydrogen-bond acceptors (Lipinski definition) is 7. The summed E-state index contributed by atoms with van der Waals surface area (Å²) >= 11 is 5.96. The molecular formula is C22H17ClF4N6O2. The molecule has 2 aromatic heterocycles. The lowest BCUT2D eigenvalue weighted by atomic mass is 10.1. The van der Waals surface area contributed by atoms with Gasteiger partial charge < -0.3 is 21.5 Å². The van der Waals surface area contributed by atoms with Crippen LogP contribution in [0, 0.1) is 12.7 Å². The molecule has 182 valence electrons. The fourth-order valence-electron chi connectivity index (χ4n) is 2.74. The van der Waals surface area contributed by atoms with Crippen LogP contribution >= 0.6 is 11.6 Å². The number of halogens is 5. The molecule has 1 aromatic carbocycles. The largest absolute Gasteiger partial charge is 0.453 e. The molecular weight excluding hydrogens is 492 g/mol. The van der Waals surface area contributed by atoms with Crippen LogP contribution in [0.5, 0.6) is 11.5 Å². The highest BCUT2D eigenvalue weighted by molar-refractivity contribution is 6.34. The minimum atomic E-state index is -5.04. The zero-order valence-corrected chi connectivity index (χ0v) is 18.7. The smallest absolute Gasteiger partial charge is 0.434 e. The van der Waals surface area contributed by atoms with Gasteiger partial charge in [-0.25, -0.2) is 19.4 Å². The standard InChI is InChI=1S/C22H17ClF4N6O2/c1-11-3-2-7-31-20(11)33-18(22(25,26)27)13(10-28)21(34)32-12-4-5-15(14(24)9-12)35-16-6-8-30-19(29)17(16)23/h2-10H,28H2,1H3,(H2,29,30)(H,32,34). The first kappa shape index (κ1) is 25.4. The Morgan fingerprint density at radius 2 is 1.91 bits per heavy atom. The van der Waals surface area contributed by atoms with Gasteiger partial charge in [-0.05, 0) is 30.7 Å². The van der Waals surface area contributed by atoms with Crippen molar-refractivity contribution >= 4 is 40.5 Å². The summed E-state index contributed by atoms with van der Waals surface area (Å²) in [5, 5.41) is 2.12. The molecule has 0 aliphatic carbocycles. The Morgan fingerprint density at radius 1 is 1.17 bits per heavy atom. The molecule has 0 radical (unpaired) electrons. The van der Waals surface area contributed by atoms with E-state index in [1.165, 1.54) is 43.6 Å². The van der Waals surface area contributed by atoms with Crippen LogP contribution in [0.1, 0.15) is 5.56 Å². The summed E-state index contributed by atoms with van der Waals surface area (Å²) < 4.78 is 61.1. The lowest BCUT2D eigenvalue weighted by Gasteiger charge is -2.15. The number of ether oxygens (including phenoxy) is 1. The Balaban J connectivity index is 1.86. The Bertz CT molecular complexity index is 1330. The average molecular weight is 509 g/mol. The highest BCUT2D eigenvalue weighted by Gasteiger charge is 2.41. The van der Waals surface area contributed by atoms with Gasteiger partial charge in [0.1, 0.15) is 10.8 Å². The van der Waals surface area contributed by atoms with Crippen LogP contribution in [0.3, 0.4) is 0 Å². The Kier molecular flexibility index (Phi) is 7.55. The van der Waals surface area contributed by atoms with Crippen molar-refractivity contribution < 1.29 is 27.1 Å². The molecule has 0 saturated carbocycles. The van der Waals surface area contributed by atoms with E-state index in [4.69, 9.17) is 27.8 Å². The van der Waals surface area contributed by atoms with Crippen molar-refractivity contribution in [3.8, 4) is 11.5 Å². The molecule has 13 heteroatoms. The fourth-order valence-corrected chi connectivity index (χ4v) is 2.89. The number of carbonyl (C=O) groups excluding carboxylic acids is 1. The molecule has 0 aliphatic rings. The van der Waals surface area contributed by atoms with Gasteiger partial charge in [0.05, 0.1) is 5.57 Å². The highest BCUT2D eigenvalue weighted by atomic mass is 35.5. The van der Waals surface area contributed by atoms with Gasteiger partial charge >= 0.3 is 6.18 Å². The summed E-state index contributed by atoms with van der Waals surface area (Å²) in [6, 6.07) is 7.57. The predicted octanol–water partition coefficient (Wildman–Crippen LogP) is 5.07. The number of nitrogens with one attached hydrogen (secondary N) is 1. The third-order valence-electron chi connectivity index (χ3n) is 4.42. The number of aliphatic imine (C=N–C) groups is 1. The van der Waals surface area contributed by atoms with Gasteiger partial charge in [0.15, 0.2) is 28.8 Å². The molecule has 0 aliphatic heterocycles. The summed E-state index contributed by atoms with van der Waals surface area (Å²) in [5.74, 6) is -2.74. The first-order chi connectivity index (χ1) is 16.5. The zero-order chi connectivity index (χ0) is 25.8. The number of benzene rings is 1. The fraction of sp³-hybridized carbons (Fsp3) is 0.0909. The van der Waals surface area contributed by atoms with E-state index >= 15 is 0 Å². The maximum Gasteiger partial charge on any atom is 0.434 e. The number of nitrogen functional groups attached to an aromatic ring is 1. The topological polar surface area (TPSA) is 129 Å². The number of rotatable bonds is 6. The lowest BCUT2D eigenvalue weighted by molar-refractivity contribution is -0.113. The van der Waals surface area contributed by atoms with E-state index in [1.54, 1.807) is 0 Å².